The lowest BCUT2D eigenvalue weighted by atomic mass is 9.89. The van der Waals surface area contributed by atoms with Gasteiger partial charge >= 0.3 is 0 Å². The summed E-state index contributed by atoms with van der Waals surface area (Å²) in [5.41, 5.74) is 4.40. The van der Waals surface area contributed by atoms with Crippen molar-refractivity contribution in [3.05, 3.63) is 70.1 Å². The summed E-state index contributed by atoms with van der Waals surface area (Å²) in [6.45, 7) is 4.19. The van der Waals surface area contributed by atoms with Crippen molar-refractivity contribution in [2.75, 3.05) is 18.9 Å². The molecule has 2 aliphatic rings. The van der Waals surface area contributed by atoms with Crippen molar-refractivity contribution in [1.29, 1.82) is 0 Å². The zero-order valence-electron chi connectivity index (χ0n) is 17.3. The van der Waals surface area contributed by atoms with Gasteiger partial charge in [-0.25, -0.2) is 9.37 Å². The van der Waals surface area contributed by atoms with Gasteiger partial charge in [0, 0.05) is 48.0 Å². The molecule has 1 saturated carbocycles. The predicted molar refractivity (Wildman–Crippen MR) is 122 cm³/mol. The minimum Gasteiger partial charge on any atom is -0.359 e. The van der Waals surface area contributed by atoms with Crippen LogP contribution in [0.1, 0.15) is 30.9 Å². The molecule has 1 N–H and O–H groups in total. The van der Waals surface area contributed by atoms with E-state index in [0.717, 1.165) is 29.9 Å². The molecular weight excluding hydrogens is 443 g/mol. The minimum absolute atomic E-state index is 0.204. The lowest BCUT2D eigenvalue weighted by molar-refractivity contribution is 0.102. The van der Waals surface area contributed by atoms with Gasteiger partial charge in [-0.05, 0) is 55.5 Å². The number of nitrogens with zero attached hydrogens (tertiary/aromatic N) is 3. The van der Waals surface area contributed by atoms with Gasteiger partial charge in [0.1, 0.15) is 5.82 Å². The Hall–Kier alpha value is -2.18. The Kier molecular flexibility index (Phi) is 4.94. The normalized spacial score (nSPS) is 18.3. The molecule has 1 atom stereocenters. The Bertz CT molecular complexity index is 1090. The van der Waals surface area contributed by atoms with Crippen LogP contribution in [-0.2, 0) is 18.5 Å². The quantitative estimate of drug-likeness (QED) is 0.541. The molecule has 1 fully saturated rings. The van der Waals surface area contributed by atoms with E-state index in [4.69, 9.17) is 0 Å². The number of imidazole rings is 1. The monoisotopic (exact) mass is 468 g/mol. The molecule has 1 spiro atoms. The average molecular weight is 469 g/mol. The maximum absolute atomic E-state index is 14.5. The van der Waals surface area contributed by atoms with Gasteiger partial charge in [-0.1, -0.05) is 40.2 Å². The van der Waals surface area contributed by atoms with Crippen LogP contribution >= 0.6 is 15.9 Å². The van der Waals surface area contributed by atoms with Crippen LogP contribution in [0.15, 0.2) is 53.1 Å². The molecular formula is C24H26BrFN4. The third kappa shape index (κ3) is 3.26. The molecule has 1 aromatic heterocycles. The van der Waals surface area contributed by atoms with Gasteiger partial charge in [-0.2, -0.15) is 0 Å². The number of anilines is 1. The highest BCUT2D eigenvalue weighted by Crippen LogP contribution is 2.55. The SMILES string of the molecule is CNc1nc(-c2ccc(Br)cc2F)cn1CC(C)N1CCc2ccccc2C12CC2. The maximum Gasteiger partial charge on any atom is 0.203 e. The molecule has 0 saturated heterocycles. The van der Waals surface area contributed by atoms with Crippen LogP contribution in [0, 0.1) is 5.82 Å². The van der Waals surface area contributed by atoms with Gasteiger partial charge < -0.3 is 9.88 Å². The Morgan fingerprint density at radius 3 is 2.77 bits per heavy atom. The Morgan fingerprint density at radius 1 is 1.23 bits per heavy atom. The summed E-state index contributed by atoms with van der Waals surface area (Å²) in [5.74, 6) is 0.496. The number of rotatable bonds is 5. The molecule has 0 amide bonds. The van der Waals surface area contributed by atoms with Crippen LogP contribution in [0.2, 0.25) is 0 Å². The number of benzene rings is 2. The van der Waals surface area contributed by atoms with E-state index < -0.39 is 0 Å². The van der Waals surface area contributed by atoms with Crippen molar-refractivity contribution in [2.45, 2.75) is 44.3 Å². The fourth-order valence-corrected chi connectivity index (χ4v) is 5.42. The van der Waals surface area contributed by atoms with Gasteiger partial charge in [0.05, 0.1) is 5.69 Å². The molecule has 5 rings (SSSR count). The van der Waals surface area contributed by atoms with E-state index in [9.17, 15) is 4.39 Å². The summed E-state index contributed by atoms with van der Waals surface area (Å²) in [5, 5.41) is 3.18. The molecule has 156 valence electrons. The first-order valence-corrected chi connectivity index (χ1v) is 11.4. The Balaban J connectivity index is 1.42. The van der Waals surface area contributed by atoms with Crippen LogP contribution in [0.5, 0.6) is 0 Å². The number of hydrogen-bond donors (Lipinski definition) is 1. The largest absolute Gasteiger partial charge is 0.359 e. The smallest absolute Gasteiger partial charge is 0.203 e. The molecule has 1 aliphatic heterocycles. The highest BCUT2D eigenvalue weighted by Gasteiger charge is 2.53. The predicted octanol–water partition coefficient (Wildman–Crippen LogP) is 5.43. The van der Waals surface area contributed by atoms with Crippen molar-refractivity contribution in [2.24, 2.45) is 0 Å². The van der Waals surface area contributed by atoms with Crippen LogP contribution in [0.25, 0.3) is 11.3 Å². The summed E-state index contributed by atoms with van der Waals surface area (Å²) in [4.78, 5) is 7.33. The summed E-state index contributed by atoms with van der Waals surface area (Å²) in [7, 11) is 1.87. The van der Waals surface area contributed by atoms with Gasteiger partial charge in [0.2, 0.25) is 5.95 Å². The van der Waals surface area contributed by atoms with Crippen LogP contribution in [0.4, 0.5) is 10.3 Å². The van der Waals surface area contributed by atoms with Crippen molar-refractivity contribution < 1.29 is 4.39 Å². The van der Waals surface area contributed by atoms with E-state index in [1.54, 1.807) is 6.07 Å². The number of nitrogens with one attached hydrogen (secondary N) is 1. The van der Waals surface area contributed by atoms with Crippen LogP contribution in [0.3, 0.4) is 0 Å². The second kappa shape index (κ2) is 7.50. The molecule has 1 aliphatic carbocycles. The summed E-state index contributed by atoms with van der Waals surface area (Å²) in [6.07, 6.45) is 5.52. The Labute approximate surface area is 185 Å². The summed E-state index contributed by atoms with van der Waals surface area (Å²) in [6, 6.07) is 14.4. The molecule has 0 radical (unpaired) electrons. The van der Waals surface area contributed by atoms with E-state index in [1.165, 1.54) is 30.0 Å². The molecule has 6 heteroatoms. The second-order valence-corrected chi connectivity index (χ2v) is 9.37. The third-order valence-electron chi connectivity index (χ3n) is 6.61. The highest BCUT2D eigenvalue weighted by molar-refractivity contribution is 9.10. The van der Waals surface area contributed by atoms with E-state index in [0.29, 0.717) is 17.3 Å². The molecule has 30 heavy (non-hydrogen) atoms. The first-order valence-electron chi connectivity index (χ1n) is 10.6. The average Bonchev–Trinajstić information content (AvgIpc) is 3.41. The maximum atomic E-state index is 14.5. The number of hydrogen-bond acceptors (Lipinski definition) is 3. The molecule has 2 heterocycles. The number of fused-ring (bicyclic) bond motifs is 2. The topological polar surface area (TPSA) is 33.1 Å². The molecule has 4 nitrogen and oxygen atoms in total. The minimum atomic E-state index is -0.269. The summed E-state index contributed by atoms with van der Waals surface area (Å²) < 4.78 is 17.3. The van der Waals surface area contributed by atoms with Gasteiger partial charge in [-0.3, -0.25) is 4.90 Å². The van der Waals surface area contributed by atoms with Crippen molar-refractivity contribution in [1.82, 2.24) is 14.5 Å². The van der Waals surface area contributed by atoms with Crippen molar-refractivity contribution in [3.63, 3.8) is 0 Å². The number of halogens is 2. The van der Waals surface area contributed by atoms with Crippen LogP contribution in [-0.4, -0.2) is 34.1 Å². The van der Waals surface area contributed by atoms with Crippen LogP contribution < -0.4 is 5.32 Å². The molecule has 0 bridgehead atoms. The second-order valence-electron chi connectivity index (χ2n) is 8.46. The lowest BCUT2D eigenvalue weighted by Crippen LogP contribution is -2.48. The van der Waals surface area contributed by atoms with Crippen molar-refractivity contribution in [3.8, 4) is 11.3 Å². The van der Waals surface area contributed by atoms with Gasteiger partial charge in [-0.15, -0.1) is 0 Å². The van der Waals surface area contributed by atoms with E-state index in [1.807, 2.05) is 19.3 Å². The fraction of sp³-hybridized carbons (Fsp3) is 0.375. The molecule has 2 aromatic carbocycles. The molecule has 3 aromatic rings. The highest BCUT2D eigenvalue weighted by atomic mass is 79.9. The first-order chi connectivity index (χ1) is 14.5. The third-order valence-corrected chi connectivity index (χ3v) is 7.11. The molecule has 1 unspecified atom stereocenters. The zero-order chi connectivity index (χ0) is 20.9. The number of aromatic nitrogens is 2. The lowest BCUT2D eigenvalue weighted by Gasteiger charge is -2.42. The summed E-state index contributed by atoms with van der Waals surface area (Å²) >= 11 is 3.32. The van der Waals surface area contributed by atoms with Gasteiger partial charge in [0.25, 0.3) is 0 Å². The fourth-order valence-electron chi connectivity index (χ4n) is 5.08. The van der Waals surface area contributed by atoms with E-state index in [2.05, 4.69) is 66.9 Å². The first kappa shape index (κ1) is 19.8. The van der Waals surface area contributed by atoms with Gasteiger partial charge in [0.15, 0.2) is 0 Å². The van der Waals surface area contributed by atoms with E-state index in [-0.39, 0.29) is 11.4 Å². The van der Waals surface area contributed by atoms with E-state index >= 15 is 0 Å². The van der Waals surface area contributed by atoms with Crippen molar-refractivity contribution >= 4 is 21.9 Å². The Morgan fingerprint density at radius 2 is 2.03 bits per heavy atom. The zero-order valence-corrected chi connectivity index (χ0v) is 18.9. The standard InChI is InChI=1S/C24H26BrFN4/c1-16(30-12-9-17-5-3-4-6-20(17)24(30)10-11-24)14-29-15-22(28-23(29)27-2)19-8-7-18(25)13-21(19)26/h3-8,13,15-16H,9-12,14H2,1-2H3,(H,27,28).